The predicted octanol–water partition coefficient (Wildman–Crippen LogP) is 5.21. The Labute approximate surface area is 134 Å². The van der Waals surface area contributed by atoms with Crippen LogP contribution in [0.5, 0.6) is 0 Å². The van der Waals surface area contributed by atoms with Crippen LogP contribution in [-0.2, 0) is 0 Å². The number of halogens is 2. The SMILES string of the molecule is CCNC(c1cc(C)c(C)cc1C)c1cc(F)ccc1Br. The molecule has 2 aromatic rings. The average molecular weight is 350 g/mol. The summed E-state index contributed by atoms with van der Waals surface area (Å²) < 4.78 is 14.6. The van der Waals surface area contributed by atoms with E-state index in [1.807, 2.05) is 0 Å². The van der Waals surface area contributed by atoms with Gasteiger partial charge < -0.3 is 5.32 Å². The van der Waals surface area contributed by atoms with Crippen molar-refractivity contribution in [3.8, 4) is 0 Å². The van der Waals surface area contributed by atoms with Gasteiger partial charge in [-0.25, -0.2) is 4.39 Å². The molecule has 0 heterocycles. The maximum Gasteiger partial charge on any atom is 0.123 e. The highest BCUT2D eigenvalue weighted by molar-refractivity contribution is 9.10. The third-order valence-corrected chi connectivity index (χ3v) is 4.59. The summed E-state index contributed by atoms with van der Waals surface area (Å²) in [5.41, 5.74) is 5.89. The molecule has 0 saturated heterocycles. The van der Waals surface area contributed by atoms with Crippen LogP contribution in [0.25, 0.3) is 0 Å². The fourth-order valence-electron chi connectivity index (χ4n) is 2.62. The number of aryl methyl sites for hydroxylation is 3. The number of nitrogens with one attached hydrogen (secondary N) is 1. The van der Waals surface area contributed by atoms with Crippen molar-refractivity contribution in [2.45, 2.75) is 33.7 Å². The molecular formula is C18H21BrFN. The van der Waals surface area contributed by atoms with Crippen molar-refractivity contribution in [3.05, 3.63) is 68.4 Å². The molecule has 112 valence electrons. The van der Waals surface area contributed by atoms with Crippen molar-refractivity contribution in [1.82, 2.24) is 5.32 Å². The third kappa shape index (κ3) is 3.53. The number of benzene rings is 2. The fraction of sp³-hybridized carbons (Fsp3) is 0.333. The van der Waals surface area contributed by atoms with Gasteiger partial charge in [0, 0.05) is 4.47 Å². The van der Waals surface area contributed by atoms with E-state index in [4.69, 9.17) is 0 Å². The Morgan fingerprint density at radius 2 is 1.67 bits per heavy atom. The van der Waals surface area contributed by atoms with Crippen molar-refractivity contribution in [2.24, 2.45) is 0 Å². The Bertz CT molecular complexity index is 652. The maximum atomic E-state index is 13.7. The molecule has 1 nitrogen and oxygen atoms in total. The van der Waals surface area contributed by atoms with Crippen molar-refractivity contribution in [3.63, 3.8) is 0 Å². The molecule has 21 heavy (non-hydrogen) atoms. The molecule has 0 fully saturated rings. The van der Waals surface area contributed by atoms with Crippen LogP contribution in [0.15, 0.2) is 34.8 Å². The highest BCUT2D eigenvalue weighted by Gasteiger charge is 2.19. The van der Waals surface area contributed by atoms with E-state index in [2.05, 4.69) is 61.1 Å². The van der Waals surface area contributed by atoms with E-state index in [1.165, 1.54) is 28.3 Å². The Hall–Kier alpha value is -1.19. The first-order chi connectivity index (χ1) is 9.93. The summed E-state index contributed by atoms with van der Waals surface area (Å²) in [5.74, 6) is -0.211. The minimum atomic E-state index is -0.211. The lowest BCUT2D eigenvalue weighted by atomic mass is 9.91. The molecule has 2 rings (SSSR count). The van der Waals surface area contributed by atoms with Crippen LogP contribution in [0.3, 0.4) is 0 Å². The molecule has 0 aliphatic heterocycles. The molecule has 3 heteroatoms. The van der Waals surface area contributed by atoms with Gasteiger partial charge in [-0.05, 0) is 73.3 Å². The fourth-order valence-corrected chi connectivity index (χ4v) is 3.10. The molecule has 0 spiro atoms. The summed E-state index contributed by atoms with van der Waals surface area (Å²) in [4.78, 5) is 0. The van der Waals surface area contributed by atoms with Crippen molar-refractivity contribution >= 4 is 15.9 Å². The standard InChI is InChI=1S/C18H21BrFN/c1-5-21-18(16-10-14(20)6-7-17(16)19)15-9-12(3)11(2)8-13(15)4/h6-10,18,21H,5H2,1-4H3. The topological polar surface area (TPSA) is 12.0 Å². The molecule has 0 aromatic heterocycles. The van der Waals surface area contributed by atoms with E-state index in [9.17, 15) is 4.39 Å². The zero-order valence-electron chi connectivity index (χ0n) is 12.9. The van der Waals surface area contributed by atoms with Crippen LogP contribution in [0.4, 0.5) is 4.39 Å². The lowest BCUT2D eigenvalue weighted by molar-refractivity contribution is 0.599. The number of rotatable bonds is 4. The summed E-state index contributed by atoms with van der Waals surface area (Å²) in [7, 11) is 0. The van der Waals surface area contributed by atoms with Crippen LogP contribution in [-0.4, -0.2) is 6.54 Å². The largest absolute Gasteiger partial charge is 0.306 e. The second kappa shape index (κ2) is 6.71. The smallest absolute Gasteiger partial charge is 0.123 e. The minimum Gasteiger partial charge on any atom is -0.306 e. The van der Waals surface area contributed by atoms with Gasteiger partial charge in [0.1, 0.15) is 5.82 Å². The Kier molecular flexibility index (Phi) is 5.17. The Balaban J connectivity index is 2.58. The van der Waals surface area contributed by atoms with Crippen LogP contribution in [0.1, 0.15) is 40.8 Å². The molecule has 0 aliphatic carbocycles. The summed E-state index contributed by atoms with van der Waals surface area (Å²) in [6.07, 6.45) is 0. The highest BCUT2D eigenvalue weighted by atomic mass is 79.9. The van der Waals surface area contributed by atoms with Crippen LogP contribution in [0, 0.1) is 26.6 Å². The van der Waals surface area contributed by atoms with Crippen LogP contribution < -0.4 is 5.32 Å². The quantitative estimate of drug-likeness (QED) is 0.798. The predicted molar refractivity (Wildman–Crippen MR) is 90.3 cm³/mol. The second-order valence-corrected chi connectivity index (χ2v) is 6.30. The van der Waals surface area contributed by atoms with Crippen LogP contribution in [0.2, 0.25) is 0 Å². The first kappa shape index (κ1) is 16.2. The van der Waals surface area contributed by atoms with E-state index < -0.39 is 0 Å². The monoisotopic (exact) mass is 349 g/mol. The van der Waals surface area contributed by atoms with Gasteiger partial charge in [-0.3, -0.25) is 0 Å². The highest BCUT2D eigenvalue weighted by Crippen LogP contribution is 2.32. The summed E-state index contributed by atoms with van der Waals surface area (Å²) in [6.45, 7) is 9.23. The summed E-state index contributed by atoms with van der Waals surface area (Å²) in [6, 6.07) is 9.23. The summed E-state index contributed by atoms with van der Waals surface area (Å²) in [5, 5.41) is 3.47. The lowest BCUT2D eigenvalue weighted by Crippen LogP contribution is -2.23. The van der Waals surface area contributed by atoms with Gasteiger partial charge in [0.2, 0.25) is 0 Å². The Morgan fingerprint density at radius 1 is 1.00 bits per heavy atom. The van der Waals surface area contributed by atoms with Crippen LogP contribution >= 0.6 is 15.9 Å². The molecule has 1 N–H and O–H groups in total. The van der Waals surface area contributed by atoms with Gasteiger partial charge in [0.05, 0.1) is 6.04 Å². The molecule has 1 unspecified atom stereocenters. The van der Waals surface area contributed by atoms with Crippen molar-refractivity contribution in [1.29, 1.82) is 0 Å². The Morgan fingerprint density at radius 3 is 2.33 bits per heavy atom. The van der Waals surface area contributed by atoms with Crippen molar-refractivity contribution in [2.75, 3.05) is 6.54 Å². The molecule has 0 saturated carbocycles. The number of hydrogen-bond donors (Lipinski definition) is 1. The first-order valence-electron chi connectivity index (χ1n) is 7.20. The molecule has 1 atom stereocenters. The van der Waals surface area contributed by atoms with E-state index in [0.29, 0.717) is 0 Å². The summed E-state index contributed by atoms with van der Waals surface area (Å²) >= 11 is 3.55. The van der Waals surface area contributed by atoms with E-state index in [1.54, 1.807) is 12.1 Å². The van der Waals surface area contributed by atoms with Gasteiger partial charge in [0.25, 0.3) is 0 Å². The maximum absolute atomic E-state index is 13.7. The van der Waals surface area contributed by atoms with E-state index >= 15 is 0 Å². The second-order valence-electron chi connectivity index (χ2n) is 5.45. The van der Waals surface area contributed by atoms with Gasteiger partial charge in [0.15, 0.2) is 0 Å². The van der Waals surface area contributed by atoms with Crippen molar-refractivity contribution < 1.29 is 4.39 Å². The molecule has 0 bridgehead atoms. The first-order valence-corrected chi connectivity index (χ1v) is 7.99. The molecule has 0 amide bonds. The minimum absolute atomic E-state index is 0.0145. The molecule has 0 radical (unpaired) electrons. The molecular weight excluding hydrogens is 329 g/mol. The van der Waals surface area contributed by atoms with Gasteiger partial charge in [-0.2, -0.15) is 0 Å². The van der Waals surface area contributed by atoms with Gasteiger partial charge >= 0.3 is 0 Å². The van der Waals surface area contributed by atoms with Gasteiger partial charge in [-0.1, -0.05) is 35.0 Å². The number of hydrogen-bond acceptors (Lipinski definition) is 1. The third-order valence-electron chi connectivity index (χ3n) is 3.87. The normalized spacial score (nSPS) is 12.5. The molecule has 2 aromatic carbocycles. The average Bonchev–Trinajstić information content (AvgIpc) is 2.43. The molecule has 0 aliphatic rings. The lowest BCUT2D eigenvalue weighted by Gasteiger charge is -2.23. The van der Waals surface area contributed by atoms with E-state index in [0.717, 1.165) is 16.6 Å². The zero-order chi connectivity index (χ0) is 15.6. The van der Waals surface area contributed by atoms with E-state index in [-0.39, 0.29) is 11.9 Å². The zero-order valence-corrected chi connectivity index (χ0v) is 14.5. The van der Waals surface area contributed by atoms with Gasteiger partial charge in [-0.15, -0.1) is 0 Å².